The first-order chi connectivity index (χ1) is 12.5. The maximum atomic E-state index is 11.6. The molecule has 0 unspecified atom stereocenters. The van der Waals surface area contributed by atoms with Crippen LogP contribution >= 0.6 is 11.8 Å². The van der Waals surface area contributed by atoms with Crippen molar-refractivity contribution in [3.8, 4) is 17.4 Å². The Bertz CT molecular complexity index is 926. The van der Waals surface area contributed by atoms with E-state index in [9.17, 15) is 19.7 Å². The van der Waals surface area contributed by atoms with Gasteiger partial charge >= 0.3 is 0 Å². The third-order valence-corrected chi connectivity index (χ3v) is 4.08. The molecule has 2 amide bonds. The second kappa shape index (κ2) is 7.23. The lowest BCUT2D eigenvalue weighted by atomic mass is 10.2. The van der Waals surface area contributed by atoms with Crippen molar-refractivity contribution in [2.75, 3.05) is 7.11 Å². The number of amides is 2. The highest BCUT2D eigenvalue weighted by molar-refractivity contribution is 8.18. The second-order valence-electron chi connectivity index (χ2n) is 4.98. The number of pyridine rings is 1. The Morgan fingerprint density at radius 3 is 2.62 bits per heavy atom. The smallest absolute Gasteiger partial charge is 0.290 e. The lowest BCUT2D eigenvalue weighted by Gasteiger charge is -2.10. The Labute approximate surface area is 151 Å². The Balaban J connectivity index is 1.83. The molecule has 1 aliphatic rings. The molecule has 0 saturated carbocycles. The number of benzene rings is 1. The van der Waals surface area contributed by atoms with Crippen LogP contribution in [0.4, 0.5) is 10.5 Å². The summed E-state index contributed by atoms with van der Waals surface area (Å²) in [5.74, 6) is 0.426. The van der Waals surface area contributed by atoms with Crippen LogP contribution in [0.15, 0.2) is 41.4 Å². The summed E-state index contributed by atoms with van der Waals surface area (Å²) >= 11 is 0.817. The first-order valence-electron chi connectivity index (χ1n) is 7.17. The zero-order valence-corrected chi connectivity index (χ0v) is 14.1. The van der Waals surface area contributed by atoms with Crippen molar-refractivity contribution in [2.45, 2.75) is 0 Å². The number of nitrogens with zero attached hydrogens (tertiary/aromatic N) is 2. The Morgan fingerprint density at radius 1 is 1.23 bits per heavy atom. The highest BCUT2D eigenvalue weighted by Gasteiger charge is 2.25. The van der Waals surface area contributed by atoms with Gasteiger partial charge in [0, 0.05) is 12.1 Å². The summed E-state index contributed by atoms with van der Waals surface area (Å²) in [5.41, 5.74) is 0.492. The molecule has 9 nitrogen and oxygen atoms in total. The SMILES string of the molecule is COc1cc(/C=C2\SC(=O)NC2=O)ccc1Oc1ccc([N+](=O)[O-])cn1. The maximum Gasteiger partial charge on any atom is 0.290 e. The Morgan fingerprint density at radius 2 is 2.04 bits per heavy atom. The van der Waals surface area contributed by atoms with Crippen LogP contribution < -0.4 is 14.8 Å². The minimum Gasteiger partial charge on any atom is -0.493 e. The first kappa shape index (κ1) is 17.4. The van der Waals surface area contributed by atoms with Crippen molar-refractivity contribution in [3.05, 3.63) is 57.1 Å². The summed E-state index contributed by atoms with van der Waals surface area (Å²) in [7, 11) is 1.45. The normalized spacial score (nSPS) is 15.0. The molecule has 2 heterocycles. The molecule has 0 aliphatic carbocycles. The van der Waals surface area contributed by atoms with Gasteiger partial charge in [0.15, 0.2) is 11.5 Å². The lowest BCUT2D eigenvalue weighted by Crippen LogP contribution is -2.17. The van der Waals surface area contributed by atoms with Gasteiger partial charge in [0.05, 0.1) is 16.9 Å². The number of imide groups is 1. The molecule has 132 valence electrons. The number of nitro groups is 1. The van der Waals surface area contributed by atoms with Crippen LogP contribution in [0.3, 0.4) is 0 Å². The van der Waals surface area contributed by atoms with Gasteiger partial charge in [0.25, 0.3) is 16.8 Å². The lowest BCUT2D eigenvalue weighted by molar-refractivity contribution is -0.385. The van der Waals surface area contributed by atoms with E-state index in [0.717, 1.165) is 18.0 Å². The first-order valence-corrected chi connectivity index (χ1v) is 7.99. The third kappa shape index (κ3) is 3.81. The Hall–Kier alpha value is -3.40. The molecule has 1 aromatic carbocycles. The van der Waals surface area contributed by atoms with E-state index in [2.05, 4.69) is 10.3 Å². The quantitative estimate of drug-likeness (QED) is 0.482. The molecular formula is C16H11N3O6S. The highest BCUT2D eigenvalue weighted by Crippen LogP contribution is 2.34. The van der Waals surface area contributed by atoms with Gasteiger partial charge in [-0.05, 0) is 35.5 Å². The molecule has 10 heteroatoms. The summed E-state index contributed by atoms with van der Waals surface area (Å²) in [6, 6.07) is 7.56. The van der Waals surface area contributed by atoms with E-state index in [1.54, 1.807) is 24.3 Å². The fourth-order valence-electron chi connectivity index (χ4n) is 2.08. The van der Waals surface area contributed by atoms with Crippen LogP contribution in [-0.4, -0.2) is 28.2 Å². The number of nitrogens with one attached hydrogen (secondary N) is 1. The molecule has 1 aromatic heterocycles. The molecule has 26 heavy (non-hydrogen) atoms. The van der Waals surface area contributed by atoms with E-state index >= 15 is 0 Å². The molecule has 1 fully saturated rings. The van der Waals surface area contributed by atoms with Crippen LogP contribution in [0.25, 0.3) is 6.08 Å². The molecule has 0 spiro atoms. The maximum absolute atomic E-state index is 11.6. The van der Waals surface area contributed by atoms with Crippen LogP contribution in [0, 0.1) is 10.1 Å². The summed E-state index contributed by atoms with van der Waals surface area (Å²) in [6.45, 7) is 0. The molecule has 2 aromatic rings. The number of hydrogen-bond donors (Lipinski definition) is 1. The van der Waals surface area contributed by atoms with Crippen molar-refractivity contribution in [1.82, 2.24) is 10.3 Å². The molecule has 0 atom stereocenters. The van der Waals surface area contributed by atoms with Crippen LogP contribution in [0.2, 0.25) is 0 Å². The minimum atomic E-state index is -0.554. The van der Waals surface area contributed by atoms with Gasteiger partial charge < -0.3 is 9.47 Å². The van der Waals surface area contributed by atoms with E-state index in [4.69, 9.17) is 9.47 Å². The van der Waals surface area contributed by atoms with Crippen LogP contribution in [0.1, 0.15) is 5.56 Å². The number of carbonyl (C=O) groups is 2. The van der Waals surface area contributed by atoms with E-state index in [1.807, 2.05) is 0 Å². The average molecular weight is 373 g/mol. The number of hydrogen-bond acceptors (Lipinski definition) is 8. The average Bonchev–Trinajstić information content (AvgIpc) is 2.93. The predicted molar refractivity (Wildman–Crippen MR) is 93.1 cm³/mol. The van der Waals surface area contributed by atoms with E-state index in [1.165, 1.54) is 19.2 Å². The summed E-state index contributed by atoms with van der Waals surface area (Å²) in [5, 5.41) is 12.4. The number of ether oxygens (including phenoxy) is 2. The molecule has 3 rings (SSSR count). The van der Waals surface area contributed by atoms with Gasteiger partial charge in [-0.3, -0.25) is 25.0 Å². The standard InChI is InChI=1S/C16H11N3O6S/c1-24-12-6-9(7-13-15(20)18-16(21)26-13)2-4-11(12)25-14-5-3-10(8-17-14)19(22)23/h2-8H,1H3,(H,18,20,21)/b13-7-. The molecular weight excluding hydrogens is 362 g/mol. The number of aromatic nitrogens is 1. The number of carbonyl (C=O) groups excluding carboxylic acids is 2. The van der Waals surface area contributed by atoms with Gasteiger partial charge in [0.1, 0.15) is 6.20 Å². The van der Waals surface area contributed by atoms with Gasteiger partial charge in [-0.1, -0.05) is 6.07 Å². The van der Waals surface area contributed by atoms with E-state index < -0.39 is 16.1 Å². The van der Waals surface area contributed by atoms with Crippen molar-refractivity contribution < 1.29 is 24.0 Å². The van der Waals surface area contributed by atoms with Crippen molar-refractivity contribution in [1.29, 1.82) is 0 Å². The molecule has 1 aliphatic heterocycles. The monoisotopic (exact) mass is 373 g/mol. The van der Waals surface area contributed by atoms with Crippen LogP contribution in [0.5, 0.6) is 17.4 Å². The molecule has 1 N–H and O–H groups in total. The topological polar surface area (TPSA) is 121 Å². The highest BCUT2D eigenvalue weighted by atomic mass is 32.2. The fourth-order valence-corrected chi connectivity index (χ4v) is 2.77. The zero-order chi connectivity index (χ0) is 18.7. The van der Waals surface area contributed by atoms with Gasteiger partial charge in [0.2, 0.25) is 5.88 Å². The number of thioether (sulfide) groups is 1. The van der Waals surface area contributed by atoms with Gasteiger partial charge in [-0.15, -0.1) is 0 Å². The largest absolute Gasteiger partial charge is 0.493 e. The number of methoxy groups -OCH3 is 1. The van der Waals surface area contributed by atoms with Crippen molar-refractivity contribution in [2.24, 2.45) is 0 Å². The predicted octanol–water partition coefficient (Wildman–Crippen LogP) is 3.11. The Kier molecular flexibility index (Phi) is 4.85. The summed E-state index contributed by atoms with van der Waals surface area (Å²) in [4.78, 5) is 37.0. The minimum absolute atomic E-state index is 0.145. The van der Waals surface area contributed by atoms with Gasteiger partial charge in [-0.2, -0.15) is 0 Å². The van der Waals surface area contributed by atoms with Gasteiger partial charge in [-0.25, -0.2) is 4.98 Å². The summed E-state index contributed by atoms with van der Waals surface area (Å²) < 4.78 is 10.8. The molecule has 1 saturated heterocycles. The van der Waals surface area contributed by atoms with Crippen molar-refractivity contribution >= 4 is 34.7 Å². The third-order valence-electron chi connectivity index (χ3n) is 3.27. The number of rotatable bonds is 5. The van der Waals surface area contributed by atoms with E-state index in [0.29, 0.717) is 17.1 Å². The fraction of sp³-hybridized carbons (Fsp3) is 0.0625. The van der Waals surface area contributed by atoms with Crippen LogP contribution in [-0.2, 0) is 4.79 Å². The summed E-state index contributed by atoms with van der Waals surface area (Å²) in [6.07, 6.45) is 2.65. The van der Waals surface area contributed by atoms with E-state index in [-0.39, 0.29) is 16.5 Å². The molecule has 0 bridgehead atoms. The second-order valence-corrected chi connectivity index (χ2v) is 5.99. The zero-order valence-electron chi connectivity index (χ0n) is 13.3. The molecule has 0 radical (unpaired) electrons. The van der Waals surface area contributed by atoms with Crippen molar-refractivity contribution in [3.63, 3.8) is 0 Å².